The molecule has 1 fully saturated rings. The van der Waals surface area contributed by atoms with Crippen molar-refractivity contribution in [3.05, 3.63) is 42.0 Å². The van der Waals surface area contributed by atoms with Gasteiger partial charge in [0.2, 0.25) is 10.0 Å². The Morgan fingerprint density at radius 1 is 1.00 bits per heavy atom. The number of ketones is 1. The standard InChI is InChI=1S/C21H23NO7S/c1-26-14-4-6-18-16(10-14)17(23)12-21(29-18)8-9-22(13-21)30(24,25)15-5-7-19(27-2)20(11-15)28-3/h4-7,10-11H,8-9,12-13H2,1-3H3. The minimum Gasteiger partial charge on any atom is -0.497 e. The van der Waals surface area contributed by atoms with Gasteiger partial charge in [-0.15, -0.1) is 0 Å². The first-order valence-electron chi connectivity index (χ1n) is 9.44. The number of methoxy groups -OCH3 is 3. The summed E-state index contributed by atoms with van der Waals surface area (Å²) < 4.78 is 49.5. The SMILES string of the molecule is COc1ccc2c(c1)C(=O)CC1(CCN(S(=O)(=O)c3ccc(OC)c(OC)c3)C1)O2. The number of hydrogen-bond acceptors (Lipinski definition) is 7. The van der Waals surface area contributed by atoms with Crippen molar-refractivity contribution >= 4 is 15.8 Å². The summed E-state index contributed by atoms with van der Waals surface area (Å²) in [4.78, 5) is 12.9. The van der Waals surface area contributed by atoms with Gasteiger partial charge < -0.3 is 18.9 Å². The number of hydrogen-bond donors (Lipinski definition) is 0. The zero-order valence-corrected chi connectivity index (χ0v) is 17.8. The maximum Gasteiger partial charge on any atom is 0.243 e. The molecule has 2 aromatic carbocycles. The Kier molecular flexibility index (Phi) is 5.11. The minimum absolute atomic E-state index is 0.0829. The van der Waals surface area contributed by atoms with Crippen LogP contribution in [-0.4, -0.2) is 58.5 Å². The van der Waals surface area contributed by atoms with Gasteiger partial charge in [0.25, 0.3) is 0 Å². The van der Waals surface area contributed by atoms with Crippen molar-refractivity contribution < 1.29 is 32.2 Å². The fourth-order valence-corrected chi connectivity index (χ4v) is 5.50. The minimum atomic E-state index is -3.79. The number of Topliss-reactive ketones (excluding diaryl/α,β-unsaturated/α-hetero) is 1. The summed E-state index contributed by atoms with van der Waals surface area (Å²) in [6, 6.07) is 9.54. The molecule has 0 amide bonds. The summed E-state index contributed by atoms with van der Waals surface area (Å²) in [5.41, 5.74) is -0.413. The van der Waals surface area contributed by atoms with E-state index in [0.717, 1.165) is 0 Å². The third-order valence-corrected chi connectivity index (χ3v) is 7.41. The lowest BCUT2D eigenvalue weighted by Crippen LogP contribution is -2.45. The molecule has 0 N–H and O–H groups in total. The van der Waals surface area contributed by atoms with E-state index in [4.69, 9.17) is 18.9 Å². The first-order valence-corrected chi connectivity index (χ1v) is 10.9. The van der Waals surface area contributed by atoms with Gasteiger partial charge in [-0.2, -0.15) is 4.31 Å². The molecule has 30 heavy (non-hydrogen) atoms. The van der Waals surface area contributed by atoms with Crippen LogP contribution in [0.25, 0.3) is 0 Å². The van der Waals surface area contributed by atoms with Crippen molar-refractivity contribution in [3.63, 3.8) is 0 Å². The monoisotopic (exact) mass is 433 g/mol. The molecule has 2 aliphatic rings. The largest absolute Gasteiger partial charge is 0.497 e. The quantitative estimate of drug-likeness (QED) is 0.715. The zero-order valence-electron chi connectivity index (χ0n) is 17.0. The lowest BCUT2D eigenvalue weighted by atomic mass is 9.89. The number of carbonyl (C=O) groups excluding carboxylic acids is 1. The first kappa shape index (κ1) is 20.5. The molecule has 2 heterocycles. The first-order chi connectivity index (χ1) is 14.3. The van der Waals surface area contributed by atoms with Crippen LogP contribution in [0.2, 0.25) is 0 Å². The van der Waals surface area contributed by atoms with Gasteiger partial charge in [-0.1, -0.05) is 0 Å². The molecule has 4 rings (SSSR count). The van der Waals surface area contributed by atoms with Gasteiger partial charge in [-0.3, -0.25) is 4.79 Å². The highest BCUT2D eigenvalue weighted by Gasteiger charge is 2.49. The van der Waals surface area contributed by atoms with Crippen LogP contribution >= 0.6 is 0 Å². The van der Waals surface area contributed by atoms with E-state index in [1.165, 1.54) is 37.8 Å². The van der Waals surface area contributed by atoms with Crippen LogP contribution in [0.4, 0.5) is 0 Å². The Labute approximate surface area is 175 Å². The van der Waals surface area contributed by atoms with Crippen molar-refractivity contribution in [1.82, 2.24) is 4.31 Å². The van der Waals surface area contributed by atoms with Crippen LogP contribution in [0.3, 0.4) is 0 Å². The summed E-state index contributed by atoms with van der Waals surface area (Å²) in [5, 5.41) is 0. The molecular formula is C21H23NO7S. The Hall–Kier alpha value is -2.78. The van der Waals surface area contributed by atoms with E-state index in [2.05, 4.69) is 0 Å². The number of sulfonamides is 1. The molecule has 2 aromatic rings. The fraction of sp³-hybridized carbons (Fsp3) is 0.381. The predicted molar refractivity (Wildman–Crippen MR) is 108 cm³/mol. The van der Waals surface area contributed by atoms with Crippen LogP contribution in [-0.2, 0) is 10.0 Å². The van der Waals surface area contributed by atoms with E-state index in [0.29, 0.717) is 35.0 Å². The Morgan fingerprint density at radius 3 is 2.47 bits per heavy atom. The zero-order chi connectivity index (χ0) is 21.5. The van der Waals surface area contributed by atoms with Gasteiger partial charge in [0.1, 0.15) is 17.1 Å². The third kappa shape index (κ3) is 3.37. The normalized spacial score (nSPS) is 21.2. The van der Waals surface area contributed by atoms with E-state index in [1.54, 1.807) is 24.3 Å². The van der Waals surface area contributed by atoms with E-state index in [1.807, 2.05) is 0 Å². The highest BCUT2D eigenvalue weighted by molar-refractivity contribution is 7.89. The van der Waals surface area contributed by atoms with Gasteiger partial charge in [-0.05, 0) is 30.3 Å². The highest BCUT2D eigenvalue weighted by Crippen LogP contribution is 2.41. The van der Waals surface area contributed by atoms with Gasteiger partial charge in [-0.25, -0.2) is 8.42 Å². The van der Waals surface area contributed by atoms with E-state index in [-0.39, 0.29) is 30.2 Å². The lowest BCUT2D eigenvalue weighted by molar-refractivity contribution is 0.0497. The summed E-state index contributed by atoms with van der Waals surface area (Å²) in [7, 11) is 0.681. The average molecular weight is 433 g/mol. The Balaban J connectivity index is 1.60. The average Bonchev–Trinajstić information content (AvgIpc) is 3.16. The second-order valence-corrected chi connectivity index (χ2v) is 9.29. The summed E-state index contributed by atoms with van der Waals surface area (Å²) in [6.45, 7) is 0.357. The highest BCUT2D eigenvalue weighted by atomic mass is 32.2. The number of ether oxygens (including phenoxy) is 4. The van der Waals surface area contributed by atoms with Crippen molar-refractivity contribution in [3.8, 4) is 23.0 Å². The molecule has 0 aromatic heterocycles. The van der Waals surface area contributed by atoms with Crippen LogP contribution in [0.1, 0.15) is 23.2 Å². The van der Waals surface area contributed by atoms with Crippen LogP contribution in [0.5, 0.6) is 23.0 Å². The van der Waals surface area contributed by atoms with Gasteiger partial charge in [0.15, 0.2) is 17.3 Å². The van der Waals surface area contributed by atoms with Crippen molar-refractivity contribution in [2.24, 2.45) is 0 Å². The number of benzene rings is 2. The molecule has 2 aliphatic heterocycles. The fourth-order valence-electron chi connectivity index (χ4n) is 3.97. The number of carbonyl (C=O) groups is 1. The molecule has 1 spiro atoms. The molecule has 0 radical (unpaired) electrons. The summed E-state index contributed by atoms with van der Waals surface area (Å²) >= 11 is 0. The second kappa shape index (κ2) is 7.48. The van der Waals surface area contributed by atoms with E-state index in [9.17, 15) is 13.2 Å². The van der Waals surface area contributed by atoms with Gasteiger partial charge in [0, 0.05) is 19.0 Å². The van der Waals surface area contributed by atoms with Gasteiger partial charge in [0.05, 0.1) is 44.8 Å². The number of nitrogens with zero attached hydrogens (tertiary/aromatic N) is 1. The Morgan fingerprint density at radius 2 is 1.77 bits per heavy atom. The smallest absolute Gasteiger partial charge is 0.243 e. The van der Waals surface area contributed by atoms with Gasteiger partial charge >= 0.3 is 0 Å². The number of rotatable bonds is 5. The molecule has 0 aliphatic carbocycles. The molecule has 0 saturated carbocycles. The molecule has 9 heteroatoms. The van der Waals surface area contributed by atoms with Crippen molar-refractivity contribution in [2.45, 2.75) is 23.3 Å². The van der Waals surface area contributed by atoms with E-state index < -0.39 is 15.6 Å². The summed E-state index contributed by atoms with van der Waals surface area (Å²) in [6.07, 6.45) is 0.544. The molecule has 1 unspecified atom stereocenters. The molecule has 1 atom stereocenters. The maximum atomic E-state index is 13.2. The number of fused-ring (bicyclic) bond motifs is 1. The Bertz CT molecular complexity index is 1100. The molecule has 0 bridgehead atoms. The molecule has 1 saturated heterocycles. The lowest BCUT2D eigenvalue weighted by Gasteiger charge is -2.34. The maximum absolute atomic E-state index is 13.2. The van der Waals surface area contributed by atoms with Crippen molar-refractivity contribution in [1.29, 1.82) is 0 Å². The molecule has 160 valence electrons. The molecular weight excluding hydrogens is 410 g/mol. The predicted octanol–water partition coefficient (Wildman–Crippen LogP) is 2.51. The second-order valence-electron chi connectivity index (χ2n) is 7.35. The van der Waals surface area contributed by atoms with Crippen LogP contribution in [0, 0.1) is 0 Å². The molecule has 8 nitrogen and oxygen atoms in total. The van der Waals surface area contributed by atoms with Crippen molar-refractivity contribution in [2.75, 3.05) is 34.4 Å². The van der Waals surface area contributed by atoms with Crippen LogP contribution < -0.4 is 18.9 Å². The van der Waals surface area contributed by atoms with Crippen LogP contribution in [0.15, 0.2) is 41.3 Å². The topological polar surface area (TPSA) is 91.4 Å². The van der Waals surface area contributed by atoms with E-state index >= 15 is 0 Å². The summed E-state index contributed by atoms with van der Waals surface area (Å²) in [5.74, 6) is 1.73. The third-order valence-electron chi connectivity index (χ3n) is 5.57.